The molecule has 2 heterocycles. The van der Waals surface area contributed by atoms with E-state index in [2.05, 4.69) is 32.6 Å². The van der Waals surface area contributed by atoms with Gasteiger partial charge in [0.25, 0.3) is 0 Å². The van der Waals surface area contributed by atoms with E-state index in [1.807, 2.05) is 37.1 Å². The number of anilines is 2. The highest BCUT2D eigenvalue weighted by molar-refractivity contribution is 5.47. The Morgan fingerprint density at radius 3 is 2.45 bits per heavy atom. The fourth-order valence-electron chi connectivity index (χ4n) is 1.94. The van der Waals surface area contributed by atoms with Crippen LogP contribution in [-0.4, -0.2) is 32.8 Å². The first kappa shape index (κ1) is 14.3. The van der Waals surface area contributed by atoms with Crippen molar-refractivity contribution in [1.29, 1.82) is 0 Å². The van der Waals surface area contributed by atoms with E-state index in [9.17, 15) is 0 Å². The predicted octanol–water partition coefficient (Wildman–Crippen LogP) is 2.00. The van der Waals surface area contributed by atoms with Crippen LogP contribution in [0.3, 0.4) is 0 Å². The second-order valence-electron chi connectivity index (χ2n) is 4.81. The lowest BCUT2D eigenvalue weighted by atomic mass is 10.2. The summed E-state index contributed by atoms with van der Waals surface area (Å²) in [6.07, 6.45) is 5.92. The number of hydrogen-bond acceptors (Lipinski definition) is 5. The van der Waals surface area contributed by atoms with E-state index in [0.29, 0.717) is 0 Å². The van der Waals surface area contributed by atoms with Crippen molar-refractivity contribution in [3.8, 4) is 0 Å². The van der Waals surface area contributed by atoms with Gasteiger partial charge in [0.1, 0.15) is 17.5 Å². The highest BCUT2D eigenvalue weighted by Gasteiger charge is 2.02. The minimum absolute atomic E-state index is 0.773. The van der Waals surface area contributed by atoms with Crippen LogP contribution in [0.4, 0.5) is 11.6 Å². The molecule has 2 aromatic rings. The number of hydrogen-bond donors (Lipinski definition) is 2. The number of aromatic nitrogens is 4. The van der Waals surface area contributed by atoms with Crippen LogP contribution in [-0.2, 0) is 13.5 Å². The summed E-state index contributed by atoms with van der Waals surface area (Å²) in [5.74, 6) is 2.51. The first-order chi connectivity index (χ1) is 9.67. The molecule has 0 bridgehead atoms. The molecule has 2 aromatic heterocycles. The summed E-state index contributed by atoms with van der Waals surface area (Å²) in [7, 11) is 1.93. The molecule has 0 aliphatic rings. The molecule has 6 nitrogen and oxygen atoms in total. The summed E-state index contributed by atoms with van der Waals surface area (Å²) in [6, 6.07) is 1.95. The molecule has 0 radical (unpaired) electrons. The molecular weight excluding hydrogens is 252 g/mol. The van der Waals surface area contributed by atoms with Crippen LogP contribution in [0.15, 0.2) is 18.5 Å². The Hall–Kier alpha value is -2.11. The van der Waals surface area contributed by atoms with E-state index >= 15 is 0 Å². The van der Waals surface area contributed by atoms with Crippen LogP contribution in [0.1, 0.15) is 24.7 Å². The third kappa shape index (κ3) is 4.22. The van der Waals surface area contributed by atoms with Crippen molar-refractivity contribution >= 4 is 11.6 Å². The van der Waals surface area contributed by atoms with Crippen LogP contribution in [0.5, 0.6) is 0 Å². The number of nitrogens with zero attached hydrogens (tertiary/aromatic N) is 4. The molecule has 0 fully saturated rings. The molecule has 20 heavy (non-hydrogen) atoms. The van der Waals surface area contributed by atoms with Gasteiger partial charge in [0.2, 0.25) is 0 Å². The zero-order valence-corrected chi connectivity index (χ0v) is 12.3. The van der Waals surface area contributed by atoms with Gasteiger partial charge in [-0.15, -0.1) is 0 Å². The summed E-state index contributed by atoms with van der Waals surface area (Å²) < 4.78 is 1.82. The molecular formula is C14H22N6. The molecule has 0 aromatic carbocycles. The van der Waals surface area contributed by atoms with E-state index in [-0.39, 0.29) is 0 Å². The molecule has 0 amide bonds. The monoisotopic (exact) mass is 274 g/mol. The molecule has 0 aliphatic carbocycles. The van der Waals surface area contributed by atoms with Crippen molar-refractivity contribution in [2.75, 3.05) is 23.7 Å². The minimum atomic E-state index is 0.773. The van der Waals surface area contributed by atoms with E-state index in [1.165, 1.54) is 5.56 Å². The fourth-order valence-corrected chi connectivity index (χ4v) is 1.94. The quantitative estimate of drug-likeness (QED) is 0.808. The van der Waals surface area contributed by atoms with E-state index < -0.39 is 0 Å². The van der Waals surface area contributed by atoms with Crippen molar-refractivity contribution in [3.05, 3.63) is 29.8 Å². The second-order valence-corrected chi connectivity index (χ2v) is 4.81. The molecule has 0 spiro atoms. The molecule has 108 valence electrons. The van der Waals surface area contributed by atoms with Crippen LogP contribution in [0.25, 0.3) is 0 Å². The maximum atomic E-state index is 4.40. The molecule has 2 rings (SSSR count). The SMILES string of the molecule is CCCNc1cc(NCCc2cnn(C)c2)nc(C)n1. The lowest BCUT2D eigenvalue weighted by molar-refractivity contribution is 0.767. The maximum Gasteiger partial charge on any atom is 0.131 e. The summed E-state index contributed by atoms with van der Waals surface area (Å²) in [5.41, 5.74) is 1.22. The van der Waals surface area contributed by atoms with Gasteiger partial charge in [0, 0.05) is 32.4 Å². The lowest BCUT2D eigenvalue weighted by Gasteiger charge is -2.09. The van der Waals surface area contributed by atoms with Crippen LogP contribution in [0, 0.1) is 6.92 Å². The van der Waals surface area contributed by atoms with E-state index in [1.54, 1.807) is 0 Å². The average molecular weight is 274 g/mol. The summed E-state index contributed by atoms with van der Waals surface area (Å²) in [5, 5.41) is 10.8. The van der Waals surface area contributed by atoms with Gasteiger partial charge >= 0.3 is 0 Å². The third-order valence-corrected chi connectivity index (χ3v) is 2.87. The summed E-state index contributed by atoms with van der Waals surface area (Å²) in [6.45, 7) is 5.79. The van der Waals surface area contributed by atoms with Gasteiger partial charge in [-0.3, -0.25) is 4.68 Å². The standard InChI is InChI=1S/C14H22N6/c1-4-6-15-13-8-14(19-11(2)18-13)16-7-5-12-9-17-20(3)10-12/h8-10H,4-7H2,1-3H3,(H2,15,16,18,19). The highest BCUT2D eigenvalue weighted by Crippen LogP contribution is 2.11. The minimum Gasteiger partial charge on any atom is -0.370 e. The van der Waals surface area contributed by atoms with Crippen molar-refractivity contribution < 1.29 is 0 Å². The highest BCUT2D eigenvalue weighted by atomic mass is 15.2. The fraction of sp³-hybridized carbons (Fsp3) is 0.500. The average Bonchev–Trinajstić information content (AvgIpc) is 2.81. The van der Waals surface area contributed by atoms with Gasteiger partial charge in [0.05, 0.1) is 6.20 Å². The molecule has 2 N–H and O–H groups in total. The molecule has 0 saturated carbocycles. The summed E-state index contributed by atoms with van der Waals surface area (Å²) in [4.78, 5) is 8.76. The molecule has 0 saturated heterocycles. The number of aryl methyl sites for hydroxylation is 2. The van der Waals surface area contributed by atoms with Crippen molar-refractivity contribution in [1.82, 2.24) is 19.7 Å². The third-order valence-electron chi connectivity index (χ3n) is 2.87. The first-order valence-corrected chi connectivity index (χ1v) is 6.98. The molecule has 0 unspecified atom stereocenters. The normalized spacial score (nSPS) is 10.6. The zero-order chi connectivity index (χ0) is 14.4. The maximum absolute atomic E-state index is 4.40. The van der Waals surface area contributed by atoms with Crippen LogP contribution in [0.2, 0.25) is 0 Å². The Kier molecular flexibility index (Phi) is 4.92. The van der Waals surface area contributed by atoms with Gasteiger partial charge in [-0.25, -0.2) is 9.97 Å². The van der Waals surface area contributed by atoms with Gasteiger partial charge in [-0.05, 0) is 25.3 Å². The Morgan fingerprint density at radius 1 is 1.15 bits per heavy atom. The first-order valence-electron chi connectivity index (χ1n) is 6.98. The van der Waals surface area contributed by atoms with E-state index in [0.717, 1.165) is 43.4 Å². The summed E-state index contributed by atoms with van der Waals surface area (Å²) >= 11 is 0. The smallest absolute Gasteiger partial charge is 0.131 e. The molecule has 6 heteroatoms. The topological polar surface area (TPSA) is 67.7 Å². The van der Waals surface area contributed by atoms with Gasteiger partial charge in [0.15, 0.2) is 0 Å². The zero-order valence-electron chi connectivity index (χ0n) is 12.3. The Labute approximate surface area is 119 Å². The van der Waals surface area contributed by atoms with Crippen LogP contribution < -0.4 is 10.6 Å². The Bertz CT molecular complexity index is 548. The van der Waals surface area contributed by atoms with Gasteiger partial charge < -0.3 is 10.6 Å². The molecule has 0 aliphatic heterocycles. The number of rotatable bonds is 7. The largest absolute Gasteiger partial charge is 0.370 e. The van der Waals surface area contributed by atoms with Gasteiger partial charge in [-0.1, -0.05) is 6.92 Å². The van der Waals surface area contributed by atoms with Crippen molar-refractivity contribution in [2.24, 2.45) is 7.05 Å². The van der Waals surface area contributed by atoms with Crippen molar-refractivity contribution in [3.63, 3.8) is 0 Å². The lowest BCUT2D eigenvalue weighted by Crippen LogP contribution is -2.09. The van der Waals surface area contributed by atoms with E-state index in [4.69, 9.17) is 0 Å². The number of nitrogens with one attached hydrogen (secondary N) is 2. The predicted molar refractivity (Wildman–Crippen MR) is 81.0 cm³/mol. The molecule has 0 atom stereocenters. The van der Waals surface area contributed by atoms with Gasteiger partial charge in [-0.2, -0.15) is 5.10 Å². The van der Waals surface area contributed by atoms with Crippen LogP contribution >= 0.6 is 0 Å². The Balaban J connectivity index is 1.89. The van der Waals surface area contributed by atoms with Crippen molar-refractivity contribution in [2.45, 2.75) is 26.7 Å². The second kappa shape index (κ2) is 6.88. The Morgan fingerprint density at radius 2 is 1.85 bits per heavy atom.